The van der Waals surface area contributed by atoms with Gasteiger partial charge >= 0.3 is 0 Å². The monoisotopic (exact) mass is 1510 g/mol. The smallest absolute Gasteiger partial charge is 0.0593 e. The van der Waals surface area contributed by atoms with Gasteiger partial charge in [0.15, 0.2) is 0 Å². The molecule has 0 aromatic carbocycles. The molecule has 0 aliphatic heterocycles. The molecule has 294 valence electrons. The zero-order chi connectivity index (χ0) is 35.4. The second-order valence-electron chi connectivity index (χ2n) is 3.74. The van der Waals surface area contributed by atoms with Crippen LogP contribution in [0, 0.1) is 0 Å². The van der Waals surface area contributed by atoms with Crippen LogP contribution in [0.1, 0.15) is 13.3 Å². The molecule has 0 saturated heterocycles. The van der Waals surface area contributed by atoms with Crippen LogP contribution >= 0.6 is 457 Å². The molecule has 0 aromatic rings. The van der Waals surface area contributed by atoms with Crippen LogP contribution in [0.25, 0.3) is 0 Å². The topological polar surface area (TPSA) is 0 Å². The molecule has 0 rings (SSSR count). The lowest BCUT2D eigenvalue weighted by Crippen LogP contribution is -1.75. The third-order valence-electron chi connectivity index (χ3n) is 1.58. The van der Waals surface area contributed by atoms with Crippen LogP contribution in [0.4, 0.5) is 0 Å². The fraction of sp³-hybridized carbons (Fsp3) is 0.667. The zero-order valence-electron chi connectivity index (χ0n) is 21.0. The number of hydrogen-bond acceptors (Lipinski definition) is 46. The van der Waals surface area contributed by atoms with Gasteiger partial charge in [0.25, 0.3) is 0 Å². The first kappa shape index (κ1) is 64.8. The van der Waals surface area contributed by atoms with Crippen LogP contribution in [0.2, 0.25) is 0 Å². The molecule has 0 nitrogen and oxygen atoms in total. The molecule has 0 aliphatic rings. The average molecular weight is 1520 g/mol. The summed E-state index contributed by atoms with van der Waals surface area (Å²) in [5, 5.41) is 0. The summed E-state index contributed by atoms with van der Waals surface area (Å²) in [7, 11) is 79.3. The van der Waals surface area contributed by atoms with E-state index >= 15 is 0 Å². The number of hydrogen-bond donors (Lipinski definition) is 1. The average Bonchev–Trinajstić information content (AvgIpc) is 3.11. The van der Waals surface area contributed by atoms with Crippen molar-refractivity contribution in [1.29, 1.82) is 0 Å². The quantitative estimate of drug-likeness (QED) is 0.0266. The van der Waals surface area contributed by atoms with Crippen molar-refractivity contribution < 1.29 is 0 Å². The molecule has 0 bridgehead atoms. The molecule has 46 heteroatoms. The van der Waals surface area contributed by atoms with Gasteiger partial charge in [-0.3, -0.25) is 0 Å². The van der Waals surface area contributed by atoms with Crippen LogP contribution in [0.15, 0.2) is 0 Å². The molecule has 0 unspecified atom stereocenters. The highest BCUT2D eigenvalue weighted by Gasteiger charge is 2.04. The Balaban J connectivity index is 3.05. The fourth-order valence-corrected chi connectivity index (χ4v) is 117. The number of thiol groups is 1. The van der Waals surface area contributed by atoms with Gasteiger partial charge in [-0.15, -0.1) is 0 Å². The minimum Gasteiger partial charge on any atom is -0.0988 e. The molecule has 0 N–H and O–H groups in total. The molecule has 0 saturated carbocycles. The standard InChI is InChI=1S/C3H6S46/c1-2-3(4)6-8-10-12-14-16-18-20-22-24-26-28-30-32-34-36-38-40-42-44-46-48-49-47-45-43-41-39-37-35-33-31-29-27-25-23-21-19-17-15-13-11-9-7-5/h5H,2H2,1H3. The molecule has 0 spiro atoms. The minimum absolute atomic E-state index is 0.967. The van der Waals surface area contributed by atoms with Gasteiger partial charge in [-0.2, -0.15) is 0 Å². The predicted molar refractivity (Wildman–Crippen MR) is 366 cm³/mol. The normalized spacial score (nSPS) is 11.6. The van der Waals surface area contributed by atoms with E-state index in [0.29, 0.717) is 0 Å². The van der Waals surface area contributed by atoms with Crippen molar-refractivity contribution in [3.63, 3.8) is 0 Å². The van der Waals surface area contributed by atoms with E-state index in [-0.39, 0.29) is 0 Å². The van der Waals surface area contributed by atoms with Gasteiger partial charge in [0.2, 0.25) is 0 Å². The first-order valence-corrected chi connectivity index (χ1v) is 68.4. The van der Waals surface area contributed by atoms with Crippen molar-refractivity contribution in [2.75, 3.05) is 0 Å². The van der Waals surface area contributed by atoms with Gasteiger partial charge in [0.1, 0.15) is 0 Å². The molecule has 49 heavy (non-hydrogen) atoms. The molecule has 0 heterocycles. The fourth-order valence-electron chi connectivity index (χ4n) is 0.577. The van der Waals surface area contributed by atoms with E-state index in [1.807, 2.05) is 324 Å². The van der Waals surface area contributed by atoms with E-state index in [9.17, 15) is 0 Å². The van der Waals surface area contributed by atoms with Crippen LogP contribution in [-0.4, -0.2) is 4.20 Å². The maximum atomic E-state index is 5.20. The summed E-state index contributed by atoms with van der Waals surface area (Å²) in [6.07, 6.45) is 0.967. The zero-order valence-corrected chi connectivity index (χ0v) is 58.7. The summed E-state index contributed by atoms with van der Waals surface area (Å²) >= 11 is 9.29. The lowest BCUT2D eigenvalue weighted by Gasteiger charge is -2.00. The van der Waals surface area contributed by atoms with E-state index in [2.05, 4.69) is 18.6 Å². The van der Waals surface area contributed by atoms with Gasteiger partial charge < -0.3 is 0 Å². The lowest BCUT2D eigenvalue weighted by molar-refractivity contribution is 1.35. The van der Waals surface area contributed by atoms with E-state index < -0.39 is 0 Å². The predicted octanol–water partition coefficient (Wildman–Crippen LogP) is 30.2. The first-order valence-electron chi connectivity index (χ1n) is 8.82. The molecule has 0 fully saturated rings. The van der Waals surface area contributed by atoms with E-state index in [0.717, 1.165) is 10.6 Å². The Labute approximate surface area is 462 Å². The Hall–Kier alpha value is 15.8. The van der Waals surface area contributed by atoms with Crippen LogP contribution in [0.5, 0.6) is 0 Å². The van der Waals surface area contributed by atoms with Crippen molar-refractivity contribution in [3.8, 4) is 0 Å². The van der Waals surface area contributed by atoms with Gasteiger partial charge in [0.05, 0.1) is 4.20 Å². The van der Waals surface area contributed by atoms with Gasteiger partial charge in [0, 0.05) is 265 Å². The third kappa shape index (κ3) is 61.8. The SMILES string of the molecule is CCC(=S)SSSSSSSSSSSSSSSSSSSSSSSSSSSSSSSSSSSSSSSSSSSSS. The summed E-state index contributed by atoms with van der Waals surface area (Å²) in [4.78, 5) is 0. The lowest BCUT2D eigenvalue weighted by atomic mass is 10.6. The highest BCUT2D eigenvalue weighted by atomic mass is 34.1. The molecule has 0 amide bonds. The summed E-state index contributed by atoms with van der Waals surface area (Å²) in [6, 6.07) is 0. The number of rotatable bonds is 44. The van der Waals surface area contributed by atoms with Crippen molar-refractivity contribution in [2.45, 2.75) is 13.3 Å². The van der Waals surface area contributed by atoms with Gasteiger partial charge in [-0.05, 0) is 174 Å². The molecule has 0 atom stereocenters. The van der Waals surface area contributed by atoms with Gasteiger partial charge in [-0.25, -0.2) is 0 Å². The Kier molecular flexibility index (Phi) is 81.9. The van der Waals surface area contributed by atoms with E-state index in [1.165, 1.54) is 9.83 Å². The number of thiocarbonyl (C=S) groups is 1. The molecular formula is C3H6S46. The summed E-state index contributed by atoms with van der Waals surface area (Å²) in [5.74, 6) is 0. The van der Waals surface area contributed by atoms with Crippen molar-refractivity contribution >= 4 is 461 Å². The first-order chi connectivity index (χ1) is 24.3. The van der Waals surface area contributed by atoms with E-state index in [1.54, 1.807) is 99.2 Å². The Bertz CT molecular complexity index is 591. The summed E-state index contributed by atoms with van der Waals surface area (Å²) in [5.41, 5.74) is 0. The third-order valence-corrected chi connectivity index (χ3v) is 97.9. The van der Waals surface area contributed by atoms with Crippen LogP contribution < -0.4 is 0 Å². The van der Waals surface area contributed by atoms with Crippen molar-refractivity contribution in [2.24, 2.45) is 0 Å². The van der Waals surface area contributed by atoms with Crippen LogP contribution in [0.3, 0.4) is 0 Å². The highest BCUT2D eigenvalue weighted by molar-refractivity contribution is 9.62. The second-order valence-corrected chi connectivity index (χ2v) is 81.9. The van der Waals surface area contributed by atoms with Crippen molar-refractivity contribution in [1.82, 2.24) is 0 Å². The van der Waals surface area contributed by atoms with Crippen molar-refractivity contribution in [3.05, 3.63) is 0 Å². The summed E-state index contributed by atoms with van der Waals surface area (Å²) in [6.45, 7) is 2.10. The highest BCUT2D eigenvalue weighted by Crippen LogP contribution is 2.68. The summed E-state index contributed by atoms with van der Waals surface area (Å²) < 4.78 is 1.07. The van der Waals surface area contributed by atoms with Crippen LogP contribution in [-0.2, 0) is 0 Å². The maximum absolute atomic E-state index is 5.20. The Morgan fingerprint density at radius 1 is 0.286 bits per heavy atom. The molecule has 0 aliphatic carbocycles. The largest absolute Gasteiger partial charge is 0.0988 e. The van der Waals surface area contributed by atoms with Gasteiger partial charge in [-0.1, -0.05) is 30.8 Å². The minimum atomic E-state index is 0.967. The molecule has 0 aromatic heterocycles. The maximum Gasteiger partial charge on any atom is 0.0593 e. The second kappa shape index (κ2) is 61.9. The van der Waals surface area contributed by atoms with E-state index in [4.69, 9.17) is 12.2 Å². The Morgan fingerprint density at radius 2 is 0.429 bits per heavy atom. The Morgan fingerprint density at radius 3 is 0.571 bits per heavy atom. The molecular weight excluding hydrogens is 1510 g/mol. The molecule has 0 radical (unpaired) electrons.